The third kappa shape index (κ3) is 2.97. The Kier molecular flexibility index (Phi) is 3.62. The predicted molar refractivity (Wildman–Crippen MR) is 74.4 cm³/mol. The number of pyridine rings is 1. The van der Waals surface area contributed by atoms with Crippen LogP contribution >= 0.6 is 0 Å². The van der Waals surface area contributed by atoms with E-state index in [1.54, 1.807) is 18.5 Å². The summed E-state index contributed by atoms with van der Waals surface area (Å²) in [5, 5.41) is 3.04. The minimum absolute atomic E-state index is 0.0244. The van der Waals surface area contributed by atoms with E-state index in [0.29, 0.717) is 11.4 Å². The molecule has 1 aromatic heterocycles. The molecule has 1 aliphatic rings. The van der Waals surface area contributed by atoms with Crippen LogP contribution in [-0.2, 0) is 4.79 Å². The normalized spacial score (nSPS) is 22.5. The fraction of sp³-hybridized carbons (Fsp3) is 0.308. The average Bonchev–Trinajstić information content (AvgIpc) is 2.33. The van der Waals surface area contributed by atoms with Gasteiger partial charge in [0.25, 0.3) is 5.91 Å². The Bertz CT molecular complexity index is 564. The van der Waals surface area contributed by atoms with Gasteiger partial charge < -0.3 is 16.8 Å². The second kappa shape index (κ2) is 5.19. The Morgan fingerprint density at radius 2 is 2.16 bits per heavy atom. The van der Waals surface area contributed by atoms with Gasteiger partial charge in [-0.1, -0.05) is 13.0 Å². The first-order valence-corrected chi connectivity index (χ1v) is 6.01. The van der Waals surface area contributed by atoms with Gasteiger partial charge in [0.15, 0.2) is 0 Å². The van der Waals surface area contributed by atoms with Gasteiger partial charge in [0.05, 0.1) is 17.5 Å². The molecular weight excluding hydrogens is 242 g/mol. The number of aliphatic imine (C=N–C) groups is 1. The van der Waals surface area contributed by atoms with Crippen molar-refractivity contribution in [3.05, 3.63) is 35.7 Å². The van der Waals surface area contributed by atoms with Gasteiger partial charge >= 0.3 is 0 Å². The molecule has 6 heteroatoms. The number of nitrogens with two attached hydrogens (primary N) is 2. The molecular formula is C13H17N5O. The zero-order valence-electron chi connectivity index (χ0n) is 10.9. The van der Waals surface area contributed by atoms with Gasteiger partial charge in [0, 0.05) is 12.1 Å². The average molecular weight is 259 g/mol. The van der Waals surface area contributed by atoms with E-state index in [-0.39, 0.29) is 12.1 Å². The highest BCUT2D eigenvalue weighted by atomic mass is 16.1. The Morgan fingerprint density at radius 3 is 2.79 bits per heavy atom. The first kappa shape index (κ1) is 13.2. The molecule has 0 fully saturated rings. The maximum Gasteiger partial charge on any atom is 0.252 e. The van der Waals surface area contributed by atoms with E-state index in [9.17, 15) is 4.79 Å². The number of amidine groups is 1. The lowest BCUT2D eigenvalue weighted by Crippen LogP contribution is -2.37. The highest BCUT2D eigenvalue weighted by Gasteiger charge is 2.23. The van der Waals surface area contributed by atoms with E-state index >= 15 is 0 Å². The maximum atomic E-state index is 11.5. The molecule has 2 heterocycles. The summed E-state index contributed by atoms with van der Waals surface area (Å²) in [5.74, 6) is -0.153. The van der Waals surface area contributed by atoms with Gasteiger partial charge in [0.2, 0.25) is 0 Å². The Morgan fingerprint density at radius 1 is 1.42 bits per heavy atom. The summed E-state index contributed by atoms with van der Waals surface area (Å²) in [6.07, 6.45) is 4.75. The number of nitrogens with zero attached hydrogens (tertiary/aromatic N) is 2. The molecule has 2 unspecified atom stereocenters. The minimum atomic E-state index is -0.523. The summed E-state index contributed by atoms with van der Waals surface area (Å²) in [5.41, 5.74) is 13.3. The number of carbonyl (C=O) groups excluding carboxylic acids is 1. The van der Waals surface area contributed by atoms with E-state index in [4.69, 9.17) is 11.5 Å². The van der Waals surface area contributed by atoms with E-state index in [0.717, 1.165) is 11.3 Å². The Balaban J connectivity index is 2.29. The number of amides is 1. The lowest BCUT2D eigenvalue weighted by atomic mass is 10.0. The summed E-state index contributed by atoms with van der Waals surface area (Å²) in [7, 11) is 0. The third-order valence-corrected chi connectivity index (χ3v) is 2.90. The summed E-state index contributed by atoms with van der Waals surface area (Å²) < 4.78 is 0. The molecule has 5 N–H and O–H groups in total. The third-order valence-electron chi connectivity index (χ3n) is 2.90. The van der Waals surface area contributed by atoms with Crippen LogP contribution in [-0.4, -0.2) is 22.9 Å². The molecule has 1 aliphatic heterocycles. The number of dihydropyridines is 1. The van der Waals surface area contributed by atoms with Crippen molar-refractivity contribution >= 4 is 17.4 Å². The van der Waals surface area contributed by atoms with Crippen LogP contribution in [0.5, 0.6) is 0 Å². The molecule has 2 rings (SSSR count). The number of primary amides is 1. The van der Waals surface area contributed by atoms with Crippen LogP contribution in [0.3, 0.4) is 0 Å². The zero-order chi connectivity index (χ0) is 14.0. The monoisotopic (exact) mass is 259 g/mol. The van der Waals surface area contributed by atoms with Gasteiger partial charge in [-0.3, -0.25) is 9.78 Å². The number of hydrogen-bond donors (Lipinski definition) is 3. The molecule has 100 valence electrons. The summed E-state index contributed by atoms with van der Waals surface area (Å²) in [6.45, 7) is 3.82. The van der Waals surface area contributed by atoms with Gasteiger partial charge in [0.1, 0.15) is 12.0 Å². The quantitative estimate of drug-likeness (QED) is 0.720. The zero-order valence-corrected chi connectivity index (χ0v) is 10.9. The molecule has 0 bridgehead atoms. The number of rotatable bonds is 2. The van der Waals surface area contributed by atoms with Crippen LogP contribution in [0, 0.1) is 12.8 Å². The van der Waals surface area contributed by atoms with Crippen LogP contribution < -0.4 is 16.8 Å². The van der Waals surface area contributed by atoms with Crippen LogP contribution in [0.4, 0.5) is 5.69 Å². The SMILES string of the molecule is Cc1cncc(NC2=NC(N)C(C)C=C2C(N)=O)c1. The Hall–Kier alpha value is -2.21. The molecule has 1 aromatic rings. The smallest absolute Gasteiger partial charge is 0.252 e. The molecule has 0 aromatic carbocycles. The molecule has 6 nitrogen and oxygen atoms in total. The van der Waals surface area contributed by atoms with Crippen molar-refractivity contribution in [2.24, 2.45) is 22.4 Å². The van der Waals surface area contributed by atoms with Gasteiger partial charge in [-0.25, -0.2) is 4.99 Å². The van der Waals surface area contributed by atoms with E-state index < -0.39 is 5.91 Å². The Labute approximate surface area is 111 Å². The van der Waals surface area contributed by atoms with E-state index in [1.165, 1.54) is 0 Å². The molecule has 0 saturated carbocycles. The topological polar surface area (TPSA) is 106 Å². The van der Waals surface area contributed by atoms with Crippen molar-refractivity contribution in [2.45, 2.75) is 20.0 Å². The number of carbonyl (C=O) groups is 1. The van der Waals surface area contributed by atoms with E-state index in [1.807, 2.05) is 19.9 Å². The summed E-state index contributed by atoms with van der Waals surface area (Å²) >= 11 is 0. The van der Waals surface area contributed by atoms with Gasteiger partial charge in [-0.05, 0) is 18.6 Å². The largest absolute Gasteiger partial charge is 0.365 e. The van der Waals surface area contributed by atoms with Crippen LogP contribution in [0.15, 0.2) is 35.1 Å². The highest BCUT2D eigenvalue weighted by Crippen LogP contribution is 2.18. The molecule has 19 heavy (non-hydrogen) atoms. The predicted octanol–water partition coefficient (Wildman–Crippen LogP) is 0.547. The molecule has 0 aliphatic carbocycles. The first-order valence-electron chi connectivity index (χ1n) is 6.01. The van der Waals surface area contributed by atoms with E-state index in [2.05, 4.69) is 15.3 Å². The van der Waals surface area contributed by atoms with Crippen molar-refractivity contribution in [2.75, 3.05) is 5.32 Å². The maximum absolute atomic E-state index is 11.5. The fourth-order valence-corrected chi connectivity index (χ4v) is 1.84. The molecule has 0 saturated heterocycles. The van der Waals surface area contributed by atoms with Crippen LogP contribution in [0.25, 0.3) is 0 Å². The first-order chi connectivity index (χ1) is 8.97. The number of aromatic nitrogens is 1. The minimum Gasteiger partial charge on any atom is -0.365 e. The standard InChI is InChI=1S/C13H17N5O/c1-7-3-9(6-16-5-7)17-13-10(12(15)19)4-8(2)11(14)18-13/h3-6,8,11H,14H2,1-2H3,(H2,15,19)(H,17,18). The molecule has 0 radical (unpaired) electrons. The summed E-state index contributed by atoms with van der Waals surface area (Å²) in [4.78, 5) is 19.8. The second-order valence-electron chi connectivity index (χ2n) is 4.65. The van der Waals surface area contributed by atoms with Gasteiger partial charge in [-0.2, -0.15) is 0 Å². The fourth-order valence-electron chi connectivity index (χ4n) is 1.84. The molecule has 0 spiro atoms. The van der Waals surface area contributed by atoms with Crippen molar-refractivity contribution < 1.29 is 4.79 Å². The lowest BCUT2D eigenvalue weighted by molar-refractivity contribution is -0.114. The lowest BCUT2D eigenvalue weighted by Gasteiger charge is -2.22. The van der Waals surface area contributed by atoms with Crippen molar-refractivity contribution in [3.8, 4) is 0 Å². The number of nitrogens with one attached hydrogen (secondary N) is 1. The number of hydrogen-bond acceptors (Lipinski definition) is 5. The summed E-state index contributed by atoms with van der Waals surface area (Å²) in [6, 6.07) is 1.90. The van der Waals surface area contributed by atoms with Crippen molar-refractivity contribution in [1.82, 2.24) is 4.98 Å². The molecule has 2 atom stereocenters. The second-order valence-corrected chi connectivity index (χ2v) is 4.65. The highest BCUT2D eigenvalue weighted by molar-refractivity contribution is 6.25. The van der Waals surface area contributed by atoms with Crippen LogP contribution in [0.2, 0.25) is 0 Å². The number of aryl methyl sites for hydroxylation is 1. The number of anilines is 1. The van der Waals surface area contributed by atoms with Crippen molar-refractivity contribution in [1.29, 1.82) is 0 Å². The van der Waals surface area contributed by atoms with Crippen LogP contribution in [0.1, 0.15) is 12.5 Å². The molecule has 1 amide bonds. The van der Waals surface area contributed by atoms with Crippen molar-refractivity contribution in [3.63, 3.8) is 0 Å². The van der Waals surface area contributed by atoms with Gasteiger partial charge in [-0.15, -0.1) is 0 Å².